The Balaban J connectivity index is 1.17. The normalized spacial score (nSPS) is 15.0. The lowest BCUT2D eigenvalue weighted by Crippen LogP contribution is -2.27. The predicted molar refractivity (Wildman–Crippen MR) is 283 cm³/mol. The number of aromatic nitrogens is 4. The molecule has 0 bridgehead atoms. The zero-order valence-electron chi connectivity index (χ0n) is 40.8. The van der Waals surface area contributed by atoms with Crippen molar-refractivity contribution in [3.63, 3.8) is 0 Å². The van der Waals surface area contributed by atoms with Gasteiger partial charge in [0.2, 0.25) is 0 Å². The standard InChI is InChI=1S/C64H56N4/c1-37-11-17-41(18-12-37)59-65-60(42-19-13-38(2)14-20-42)67-61(66-59)43-21-25-47-48-26-22-44(62(5,6)7)34-54(48)64(53(47)33-43)55-35-45(63(8,9)10)23-27-49(55)50-28-24-46(36-56(50)64)68-57-29-15-39(3)31-51(57)52-32-40(4)16-30-58(52)68/h11-36H,1-10H3. The van der Waals surface area contributed by atoms with Gasteiger partial charge in [0.15, 0.2) is 17.5 Å². The molecule has 12 rings (SSSR count). The van der Waals surface area contributed by atoms with Crippen LogP contribution in [0.25, 0.3) is 83.9 Å². The Morgan fingerprint density at radius 1 is 0.353 bits per heavy atom. The molecule has 0 saturated carbocycles. The smallest absolute Gasteiger partial charge is 0.164 e. The second kappa shape index (κ2) is 14.8. The summed E-state index contributed by atoms with van der Waals surface area (Å²) >= 11 is 0. The van der Waals surface area contributed by atoms with Gasteiger partial charge in [-0.05, 0) is 137 Å². The average Bonchev–Trinajstić information content (AvgIpc) is 3.91. The number of hydrogen-bond donors (Lipinski definition) is 0. The maximum atomic E-state index is 5.31. The molecule has 2 heterocycles. The van der Waals surface area contributed by atoms with E-state index in [1.807, 2.05) is 0 Å². The summed E-state index contributed by atoms with van der Waals surface area (Å²) in [7, 11) is 0. The van der Waals surface area contributed by atoms with Crippen LogP contribution in [0.3, 0.4) is 0 Å². The Morgan fingerprint density at radius 2 is 0.721 bits per heavy atom. The Labute approximate surface area is 400 Å². The summed E-state index contributed by atoms with van der Waals surface area (Å²) in [5, 5.41) is 2.56. The molecule has 2 aliphatic rings. The summed E-state index contributed by atoms with van der Waals surface area (Å²) < 4.78 is 2.49. The van der Waals surface area contributed by atoms with Gasteiger partial charge >= 0.3 is 0 Å². The van der Waals surface area contributed by atoms with Crippen LogP contribution in [-0.4, -0.2) is 19.5 Å². The third kappa shape index (κ3) is 6.37. The van der Waals surface area contributed by atoms with E-state index >= 15 is 0 Å². The molecule has 2 aliphatic carbocycles. The number of nitrogens with zero attached hydrogens (tertiary/aromatic N) is 4. The summed E-state index contributed by atoms with van der Waals surface area (Å²) in [6.45, 7) is 22.6. The van der Waals surface area contributed by atoms with Crippen molar-refractivity contribution in [1.29, 1.82) is 0 Å². The van der Waals surface area contributed by atoms with E-state index in [1.54, 1.807) is 0 Å². The summed E-state index contributed by atoms with van der Waals surface area (Å²) in [6, 6.07) is 59.6. The lowest BCUT2D eigenvalue weighted by Gasteiger charge is -2.33. The Bertz CT molecular complexity index is 3570. The van der Waals surface area contributed by atoms with E-state index in [0.717, 1.165) is 22.4 Å². The van der Waals surface area contributed by atoms with Crippen molar-refractivity contribution in [2.45, 2.75) is 85.5 Å². The molecular weight excluding hydrogens is 825 g/mol. The SMILES string of the molecule is Cc1ccc(-c2nc(-c3ccc(C)cc3)nc(-c3ccc4c(c3)C3(c5cc(-n6c7ccc(C)cc7c7cc(C)ccc76)ccc5-c5ccc(C(C)(C)C)cc53)c3cc(C(C)(C)C)ccc3-4)n2)cc1. The van der Waals surface area contributed by atoms with Crippen LogP contribution >= 0.6 is 0 Å². The van der Waals surface area contributed by atoms with Crippen LogP contribution in [0.2, 0.25) is 0 Å². The molecule has 4 heteroatoms. The van der Waals surface area contributed by atoms with Crippen LogP contribution in [0.1, 0.15) is 97.2 Å². The van der Waals surface area contributed by atoms with Gasteiger partial charge in [-0.2, -0.15) is 0 Å². The zero-order chi connectivity index (χ0) is 47.0. The first-order valence-corrected chi connectivity index (χ1v) is 24.1. The molecule has 8 aromatic carbocycles. The van der Waals surface area contributed by atoms with E-state index in [0.29, 0.717) is 17.5 Å². The fraction of sp³-hybridized carbons (Fsp3) is 0.203. The van der Waals surface area contributed by atoms with Crippen LogP contribution in [0.15, 0.2) is 158 Å². The maximum absolute atomic E-state index is 5.31. The summed E-state index contributed by atoms with van der Waals surface area (Å²) in [6.07, 6.45) is 0. The first kappa shape index (κ1) is 42.0. The van der Waals surface area contributed by atoms with Gasteiger partial charge in [0, 0.05) is 33.2 Å². The van der Waals surface area contributed by atoms with Crippen LogP contribution < -0.4 is 0 Å². The highest BCUT2D eigenvalue weighted by Crippen LogP contribution is 2.64. The molecule has 0 radical (unpaired) electrons. The molecule has 1 spiro atoms. The minimum atomic E-state index is -0.650. The molecule has 2 aromatic heterocycles. The number of hydrogen-bond acceptors (Lipinski definition) is 3. The largest absolute Gasteiger partial charge is 0.309 e. The minimum Gasteiger partial charge on any atom is -0.309 e. The van der Waals surface area contributed by atoms with Crippen molar-refractivity contribution < 1.29 is 0 Å². The lowest BCUT2D eigenvalue weighted by molar-refractivity contribution is 0.586. The fourth-order valence-corrected chi connectivity index (χ4v) is 11.1. The minimum absolute atomic E-state index is 0.0710. The van der Waals surface area contributed by atoms with E-state index in [9.17, 15) is 0 Å². The summed E-state index contributed by atoms with van der Waals surface area (Å²) in [5.41, 5.74) is 23.5. The molecule has 4 nitrogen and oxygen atoms in total. The van der Waals surface area contributed by atoms with Gasteiger partial charge in [0.1, 0.15) is 0 Å². The number of rotatable bonds is 4. The molecule has 332 valence electrons. The van der Waals surface area contributed by atoms with Crippen LogP contribution in [0, 0.1) is 27.7 Å². The van der Waals surface area contributed by atoms with Gasteiger partial charge in [-0.3, -0.25) is 0 Å². The average molecular weight is 881 g/mol. The summed E-state index contributed by atoms with van der Waals surface area (Å²) in [5.74, 6) is 1.97. The van der Waals surface area contributed by atoms with Crippen LogP contribution in [0.5, 0.6) is 0 Å². The highest BCUT2D eigenvalue weighted by molar-refractivity contribution is 6.10. The van der Waals surface area contributed by atoms with E-state index in [1.165, 1.54) is 99.7 Å². The van der Waals surface area contributed by atoms with Crippen molar-refractivity contribution in [2.24, 2.45) is 0 Å². The quantitative estimate of drug-likeness (QED) is 0.177. The molecule has 0 fully saturated rings. The highest BCUT2D eigenvalue weighted by Gasteiger charge is 2.53. The van der Waals surface area contributed by atoms with E-state index in [2.05, 4.69) is 232 Å². The molecule has 10 aromatic rings. The van der Waals surface area contributed by atoms with Gasteiger partial charge in [-0.15, -0.1) is 0 Å². The van der Waals surface area contributed by atoms with E-state index in [4.69, 9.17) is 15.0 Å². The Kier molecular flexibility index (Phi) is 9.12. The monoisotopic (exact) mass is 880 g/mol. The van der Waals surface area contributed by atoms with Gasteiger partial charge in [0.25, 0.3) is 0 Å². The molecule has 0 saturated heterocycles. The lowest BCUT2D eigenvalue weighted by atomic mass is 9.68. The van der Waals surface area contributed by atoms with Crippen molar-refractivity contribution in [3.8, 4) is 62.1 Å². The third-order valence-corrected chi connectivity index (χ3v) is 14.8. The Morgan fingerprint density at radius 3 is 1.18 bits per heavy atom. The van der Waals surface area contributed by atoms with Crippen molar-refractivity contribution in [1.82, 2.24) is 19.5 Å². The first-order valence-electron chi connectivity index (χ1n) is 24.1. The fourth-order valence-electron chi connectivity index (χ4n) is 11.1. The first-order chi connectivity index (χ1) is 32.6. The number of benzene rings is 8. The van der Waals surface area contributed by atoms with Gasteiger partial charge < -0.3 is 4.57 Å². The predicted octanol–water partition coefficient (Wildman–Crippen LogP) is 16.1. The van der Waals surface area contributed by atoms with Crippen LogP contribution in [0.4, 0.5) is 0 Å². The zero-order valence-corrected chi connectivity index (χ0v) is 40.8. The van der Waals surface area contributed by atoms with Crippen molar-refractivity contribution in [2.75, 3.05) is 0 Å². The maximum Gasteiger partial charge on any atom is 0.164 e. The topological polar surface area (TPSA) is 43.6 Å². The Hall–Kier alpha value is -7.43. The second-order valence-electron chi connectivity index (χ2n) is 21.7. The van der Waals surface area contributed by atoms with Gasteiger partial charge in [-0.1, -0.05) is 179 Å². The molecule has 0 N–H and O–H groups in total. The number of aryl methyl sites for hydroxylation is 4. The molecule has 68 heavy (non-hydrogen) atoms. The molecule has 1 unspecified atom stereocenters. The van der Waals surface area contributed by atoms with Crippen molar-refractivity contribution >= 4 is 21.8 Å². The molecule has 0 amide bonds. The van der Waals surface area contributed by atoms with Crippen molar-refractivity contribution in [3.05, 3.63) is 213 Å². The van der Waals surface area contributed by atoms with Gasteiger partial charge in [0.05, 0.1) is 16.4 Å². The highest BCUT2D eigenvalue weighted by atomic mass is 15.0. The second-order valence-corrected chi connectivity index (χ2v) is 21.7. The van der Waals surface area contributed by atoms with E-state index in [-0.39, 0.29) is 10.8 Å². The van der Waals surface area contributed by atoms with Crippen LogP contribution in [-0.2, 0) is 16.2 Å². The molecular formula is C64H56N4. The summed E-state index contributed by atoms with van der Waals surface area (Å²) in [4.78, 5) is 15.7. The molecule has 1 atom stereocenters. The molecule has 0 aliphatic heterocycles. The third-order valence-electron chi connectivity index (χ3n) is 14.8. The van der Waals surface area contributed by atoms with Gasteiger partial charge in [-0.25, -0.2) is 15.0 Å². The number of fused-ring (bicyclic) bond motifs is 13. The van der Waals surface area contributed by atoms with E-state index < -0.39 is 5.41 Å².